The zero-order valence-corrected chi connectivity index (χ0v) is 14.1. The molecule has 23 heavy (non-hydrogen) atoms. The first-order chi connectivity index (χ1) is 10.9. The first-order valence-electron chi connectivity index (χ1n) is 6.91. The number of nitrogens with one attached hydrogen (secondary N) is 1. The van der Waals surface area contributed by atoms with E-state index in [1.165, 1.54) is 13.0 Å². The third-order valence-electron chi connectivity index (χ3n) is 3.19. The molecule has 0 aliphatic heterocycles. The molecule has 1 amide bonds. The van der Waals surface area contributed by atoms with E-state index in [2.05, 4.69) is 5.32 Å². The summed E-state index contributed by atoms with van der Waals surface area (Å²) in [6, 6.07) is 11.6. The third kappa shape index (κ3) is 4.47. The van der Waals surface area contributed by atoms with Crippen molar-refractivity contribution in [2.75, 3.05) is 5.32 Å². The number of ether oxygens (including phenoxy) is 1. The highest BCUT2D eigenvalue weighted by Crippen LogP contribution is 2.21. The van der Waals surface area contributed by atoms with Gasteiger partial charge < -0.3 is 10.1 Å². The number of halogens is 2. The number of hydrogen-bond acceptors (Lipinski definition) is 3. The fraction of sp³-hybridized carbons (Fsp3) is 0.176. The van der Waals surface area contributed by atoms with Crippen molar-refractivity contribution in [3.05, 3.63) is 63.6 Å². The minimum atomic E-state index is -0.973. The van der Waals surface area contributed by atoms with E-state index in [4.69, 9.17) is 27.9 Å². The highest BCUT2D eigenvalue weighted by Gasteiger charge is 2.20. The molecule has 0 radical (unpaired) electrons. The highest BCUT2D eigenvalue weighted by molar-refractivity contribution is 6.33. The van der Waals surface area contributed by atoms with Crippen molar-refractivity contribution in [3.63, 3.8) is 0 Å². The van der Waals surface area contributed by atoms with Crippen molar-refractivity contribution in [2.45, 2.75) is 20.0 Å². The molecule has 120 valence electrons. The largest absolute Gasteiger partial charge is 0.449 e. The second-order valence-corrected chi connectivity index (χ2v) is 5.79. The van der Waals surface area contributed by atoms with Gasteiger partial charge in [0.2, 0.25) is 0 Å². The maximum absolute atomic E-state index is 12.1. The maximum atomic E-state index is 12.1. The lowest BCUT2D eigenvalue weighted by molar-refractivity contribution is -0.123. The van der Waals surface area contributed by atoms with Gasteiger partial charge in [-0.1, -0.05) is 41.4 Å². The average molecular weight is 352 g/mol. The molecule has 0 aliphatic rings. The molecule has 0 unspecified atom stereocenters. The van der Waals surface area contributed by atoms with Crippen molar-refractivity contribution in [3.8, 4) is 0 Å². The molecule has 0 saturated carbocycles. The Kier molecular flexibility index (Phi) is 5.64. The Balaban J connectivity index is 2.01. The standard InChI is InChI=1S/C17H15Cl2NO3/c1-10-7-8-12(9-15(10)19)20-16(21)11(2)23-17(22)13-5-3-4-6-14(13)18/h3-9,11H,1-2H3,(H,20,21)/t11-/m0/s1. The molecule has 2 aromatic rings. The van der Waals surface area contributed by atoms with Gasteiger partial charge in [0, 0.05) is 10.7 Å². The Morgan fingerprint density at radius 3 is 2.43 bits per heavy atom. The Bertz CT molecular complexity index is 746. The molecule has 0 heterocycles. The first kappa shape index (κ1) is 17.3. The number of amides is 1. The number of benzene rings is 2. The topological polar surface area (TPSA) is 55.4 Å². The Labute approximate surface area is 144 Å². The van der Waals surface area contributed by atoms with Gasteiger partial charge in [-0.15, -0.1) is 0 Å². The summed E-state index contributed by atoms with van der Waals surface area (Å²) in [4.78, 5) is 24.1. The van der Waals surface area contributed by atoms with Gasteiger partial charge >= 0.3 is 5.97 Å². The summed E-state index contributed by atoms with van der Waals surface area (Å²) in [6.07, 6.45) is -0.973. The van der Waals surface area contributed by atoms with E-state index in [-0.39, 0.29) is 10.6 Å². The average Bonchev–Trinajstić information content (AvgIpc) is 2.51. The SMILES string of the molecule is Cc1ccc(NC(=O)[C@H](C)OC(=O)c2ccccc2Cl)cc1Cl. The summed E-state index contributed by atoms with van der Waals surface area (Å²) in [5.74, 6) is -1.11. The summed E-state index contributed by atoms with van der Waals surface area (Å²) in [7, 11) is 0. The molecule has 2 rings (SSSR count). The molecule has 4 nitrogen and oxygen atoms in total. The van der Waals surface area contributed by atoms with Crippen molar-refractivity contribution in [1.29, 1.82) is 0 Å². The lowest BCUT2D eigenvalue weighted by atomic mass is 10.2. The molecule has 0 aromatic heterocycles. The molecule has 2 aromatic carbocycles. The minimum Gasteiger partial charge on any atom is -0.449 e. The van der Waals surface area contributed by atoms with E-state index in [1.807, 2.05) is 6.92 Å². The van der Waals surface area contributed by atoms with Gasteiger partial charge in [0.05, 0.1) is 10.6 Å². The van der Waals surface area contributed by atoms with Crippen LogP contribution in [0, 0.1) is 6.92 Å². The van der Waals surface area contributed by atoms with Crippen molar-refractivity contribution < 1.29 is 14.3 Å². The van der Waals surface area contributed by atoms with E-state index >= 15 is 0 Å². The van der Waals surface area contributed by atoms with Gasteiger partial charge in [0.15, 0.2) is 6.10 Å². The summed E-state index contributed by atoms with van der Waals surface area (Å²) >= 11 is 11.9. The third-order valence-corrected chi connectivity index (χ3v) is 3.92. The van der Waals surface area contributed by atoms with Crippen LogP contribution in [0.1, 0.15) is 22.8 Å². The smallest absolute Gasteiger partial charge is 0.340 e. The number of rotatable bonds is 4. The lowest BCUT2D eigenvalue weighted by Gasteiger charge is -2.14. The van der Waals surface area contributed by atoms with Gasteiger partial charge in [-0.25, -0.2) is 4.79 Å². The fourth-order valence-electron chi connectivity index (χ4n) is 1.82. The second kappa shape index (κ2) is 7.49. The van der Waals surface area contributed by atoms with E-state index in [0.29, 0.717) is 10.7 Å². The number of anilines is 1. The molecular weight excluding hydrogens is 337 g/mol. The van der Waals surface area contributed by atoms with Gasteiger partial charge in [0.25, 0.3) is 5.91 Å². The molecule has 0 saturated heterocycles. The van der Waals surface area contributed by atoms with E-state index in [1.54, 1.807) is 36.4 Å². The second-order valence-electron chi connectivity index (χ2n) is 4.98. The quantitative estimate of drug-likeness (QED) is 0.825. The van der Waals surface area contributed by atoms with Crippen LogP contribution < -0.4 is 5.32 Å². The number of aryl methyl sites for hydroxylation is 1. The van der Waals surface area contributed by atoms with Crippen LogP contribution in [0.2, 0.25) is 10.0 Å². The molecule has 0 spiro atoms. The predicted molar refractivity (Wildman–Crippen MR) is 91.1 cm³/mol. The summed E-state index contributed by atoms with van der Waals surface area (Å²) < 4.78 is 5.14. The molecule has 0 bridgehead atoms. The van der Waals surface area contributed by atoms with Crippen molar-refractivity contribution in [1.82, 2.24) is 0 Å². The Hall–Kier alpha value is -2.04. The molecular formula is C17H15Cl2NO3. The monoisotopic (exact) mass is 351 g/mol. The zero-order valence-electron chi connectivity index (χ0n) is 12.6. The van der Waals surface area contributed by atoms with Gasteiger partial charge in [0.1, 0.15) is 0 Å². The molecule has 0 fully saturated rings. The van der Waals surface area contributed by atoms with Crippen LogP contribution >= 0.6 is 23.2 Å². The number of carbonyl (C=O) groups is 2. The summed E-state index contributed by atoms with van der Waals surface area (Å²) in [5.41, 5.74) is 1.65. The van der Waals surface area contributed by atoms with Crippen LogP contribution in [0.25, 0.3) is 0 Å². The fourth-order valence-corrected chi connectivity index (χ4v) is 2.21. The van der Waals surface area contributed by atoms with Crippen molar-refractivity contribution >= 4 is 40.8 Å². The normalized spacial score (nSPS) is 11.7. The molecule has 0 aliphatic carbocycles. The summed E-state index contributed by atoms with van der Waals surface area (Å²) in [6.45, 7) is 3.35. The van der Waals surface area contributed by atoms with Crippen LogP contribution in [0.15, 0.2) is 42.5 Å². The highest BCUT2D eigenvalue weighted by atomic mass is 35.5. The van der Waals surface area contributed by atoms with Gasteiger partial charge in [-0.3, -0.25) is 4.79 Å². The Morgan fingerprint density at radius 1 is 1.09 bits per heavy atom. The number of hydrogen-bond donors (Lipinski definition) is 1. The maximum Gasteiger partial charge on any atom is 0.340 e. The lowest BCUT2D eigenvalue weighted by Crippen LogP contribution is -2.30. The van der Waals surface area contributed by atoms with Gasteiger partial charge in [-0.2, -0.15) is 0 Å². The van der Waals surface area contributed by atoms with E-state index < -0.39 is 18.0 Å². The number of esters is 1. The first-order valence-corrected chi connectivity index (χ1v) is 7.66. The minimum absolute atomic E-state index is 0.215. The van der Waals surface area contributed by atoms with Crippen LogP contribution in [-0.2, 0) is 9.53 Å². The van der Waals surface area contributed by atoms with Crippen LogP contribution in [0.5, 0.6) is 0 Å². The van der Waals surface area contributed by atoms with Crippen LogP contribution in [0.3, 0.4) is 0 Å². The number of carbonyl (C=O) groups excluding carboxylic acids is 2. The summed E-state index contributed by atoms with van der Waals surface area (Å²) in [5, 5.41) is 3.47. The van der Waals surface area contributed by atoms with E-state index in [0.717, 1.165) is 5.56 Å². The molecule has 6 heteroatoms. The zero-order chi connectivity index (χ0) is 17.0. The van der Waals surface area contributed by atoms with E-state index in [9.17, 15) is 9.59 Å². The van der Waals surface area contributed by atoms with Crippen LogP contribution in [-0.4, -0.2) is 18.0 Å². The van der Waals surface area contributed by atoms with Crippen molar-refractivity contribution in [2.24, 2.45) is 0 Å². The van der Waals surface area contributed by atoms with Gasteiger partial charge in [-0.05, 0) is 43.7 Å². The predicted octanol–water partition coefficient (Wildman–Crippen LogP) is 4.49. The molecule has 1 atom stereocenters. The molecule has 1 N–H and O–H groups in total. The Morgan fingerprint density at radius 2 is 1.78 bits per heavy atom. The van der Waals surface area contributed by atoms with Crippen LogP contribution in [0.4, 0.5) is 5.69 Å².